The van der Waals surface area contributed by atoms with E-state index < -0.39 is 24.7 Å². The molecular formula is C12H9ClF2N2O2. The maximum Gasteiger partial charge on any atom is 0.304 e. The molecule has 7 heteroatoms. The van der Waals surface area contributed by atoms with Crippen LogP contribution >= 0.6 is 11.6 Å². The van der Waals surface area contributed by atoms with Gasteiger partial charge in [-0.15, -0.1) is 0 Å². The highest BCUT2D eigenvalue weighted by molar-refractivity contribution is 6.35. The highest BCUT2D eigenvalue weighted by atomic mass is 35.5. The van der Waals surface area contributed by atoms with Crippen molar-refractivity contribution >= 4 is 28.5 Å². The molecule has 0 radical (unpaired) electrons. The van der Waals surface area contributed by atoms with Gasteiger partial charge in [-0.1, -0.05) is 29.8 Å². The number of aliphatic carboxylic acids is 1. The Morgan fingerprint density at radius 3 is 2.63 bits per heavy atom. The molecule has 0 spiro atoms. The number of carboxylic acid groups (broad SMARTS) is 1. The van der Waals surface area contributed by atoms with Crippen LogP contribution in [0.5, 0.6) is 0 Å². The number of halogens is 3. The SMILES string of the molecule is O=C(O)CC(c1nnc2ccccc2c1Cl)C(F)F. The normalized spacial score (nSPS) is 12.8. The summed E-state index contributed by atoms with van der Waals surface area (Å²) in [5, 5.41) is 16.6. The van der Waals surface area contributed by atoms with Crippen LogP contribution in [-0.4, -0.2) is 27.7 Å². The monoisotopic (exact) mass is 286 g/mol. The summed E-state index contributed by atoms with van der Waals surface area (Å²) in [6, 6.07) is 6.68. The van der Waals surface area contributed by atoms with Crippen molar-refractivity contribution < 1.29 is 18.7 Å². The van der Waals surface area contributed by atoms with Crippen molar-refractivity contribution in [2.24, 2.45) is 0 Å². The molecule has 4 nitrogen and oxygen atoms in total. The van der Waals surface area contributed by atoms with Crippen LogP contribution in [0.2, 0.25) is 5.02 Å². The van der Waals surface area contributed by atoms with E-state index in [2.05, 4.69) is 10.2 Å². The maximum absolute atomic E-state index is 12.9. The van der Waals surface area contributed by atoms with E-state index in [-0.39, 0.29) is 10.7 Å². The predicted octanol–water partition coefficient (Wildman–Crippen LogP) is 3.11. The van der Waals surface area contributed by atoms with Gasteiger partial charge in [0.2, 0.25) is 6.43 Å². The lowest BCUT2D eigenvalue weighted by Crippen LogP contribution is -2.16. The smallest absolute Gasteiger partial charge is 0.304 e. The van der Waals surface area contributed by atoms with Crippen LogP contribution in [0.25, 0.3) is 10.9 Å². The number of hydrogen-bond acceptors (Lipinski definition) is 3. The molecule has 0 bridgehead atoms. The maximum atomic E-state index is 12.9. The number of carbonyl (C=O) groups is 1. The molecule has 2 rings (SSSR count). The number of nitrogens with zero attached hydrogens (tertiary/aromatic N) is 2. The third-order valence-corrected chi connectivity index (χ3v) is 3.08. The van der Waals surface area contributed by atoms with E-state index >= 15 is 0 Å². The van der Waals surface area contributed by atoms with E-state index in [0.717, 1.165) is 0 Å². The molecule has 0 fully saturated rings. The summed E-state index contributed by atoms with van der Waals surface area (Å²) < 4.78 is 25.9. The quantitative estimate of drug-likeness (QED) is 0.938. The molecule has 1 atom stereocenters. The Labute approximate surface area is 112 Å². The molecule has 1 aromatic heterocycles. The van der Waals surface area contributed by atoms with Crippen LogP contribution in [-0.2, 0) is 4.79 Å². The lowest BCUT2D eigenvalue weighted by atomic mass is 10.0. The Morgan fingerprint density at radius 1 is 1.32 bits per heavy atom. The average Bonchev–Trinajstić information content (AvgIpc) is 2.37. The number of aromatic nitrogens is 2. The minimum absolute atomic E-state index is 0.0251. The second-order valence-corrected chi connectivity index (χ2v) is 4.33. The molecule has 0 aliphatic carbocycles. The Balaban J connectivity index is 2.54. The van der Waals surface area contributed by atoms with Crippen LogP contribution in [0, 0.1) is 0 Å². The van der Waals surface area contributed by atoms with Crippen LogP contribution < -0.4 is 0 Å². The lowest BCUT2D eigenvalue weighted by molar-refractivity contribution is -0.138. The molecule has 1 heterocycles. The highest BCUT2D eigenvalue weighted by Crippen LogP contribution is 2.33. The summed E-state index contributed by atoms with van der Waals surface area (Å²) in [7, 11) is 0. The van der Waals surface area contributed by atoms with Gasteiger partial charge in [0.05, 0.1) is 28.6 Å². The fraction of sp³-hybridized carbons (Fsp3) is 0.250. The third-order valence-electron chi connectivity index (χ3n) is 2.68. The zero-order chi connectivity index (χ0) is 14.0. The molecule has 1 unspecified atom stereocenters. The number of rotatable bonds is 4. The van der Waals surface area contributed by atoms with Crippen LogP contribution in [0.3, 0.4) is 0 Å². The molecule has 100 valence electrons. The minimum atomic E-state index is -2.87. The summed E-state index contributed by atoms with van der Waals surface area (Å²) in [5.41, 5.74) is 0.289. The third kappa shape index (κ3) is 2.78. The molecule has 1 aromatic carbocycles. The fourth-order valence-electron chi connectivity index (χ4n) is 1.77. The van der Waals surface area contributed by atoms with E-state index in [1.54, 1.807) is 24.3 Å². The van der Waals surface area contributed by atoms with Gasteiger partial charge in [0, 0.05) is 5.39 Å². The second-order valence-electron chi connectivity index (χ2n) is 3.96. The van der Waals surface area contributed by atoms with Crippen molar-refractivity contribution in [3.8, 4) is 0 Å². The summed E-state index contributed by atoms with van der Waals surface area (Å²) >= 11 is 6.04. The van der Waals surface area contributed by atoms with Crippen LogP contribution in [0.4, 0.5) is 8.78 Å². The van der Waals surface area contributed by atoms with E-state index in [4.69, 9.17) is 16.7 Å². The first-order valence-corrected chi connectivity index (χ1v) is 5.79. The van der Waals surface area contributed by atoms with Gasteiger partial charge in [-0.3, -0.25) is 4.79 Å². The van der Waals surface area contributed by atoms with Crippen molar-refractivity contribution in [1.29, 1.82) is 0 Å². The van der Waals surface area contributed by atoms with Crippen molar-refractivity contribution in [3.63, 3.8) is 0 Å². The average molecular weight is 287 g/mol. The van der Waals surface area contributed by atoms with Gasteiger partial charge in [-0.25, -0.2) is 8.78 Å². The zero-order valence-corrected chi connectivity index (χ0v) is 10.3. The first-order valence-electron chi connectivity index (χ1n) is 5.41. The van der Waals surface area contributed by atoms with Crippen LogP contribution in [0.1, 0.15) is 18.0 Å². The van der Waals surface area contributed by atoms with Gasteiger partial charge in [0.15, 0.2) is 0 Å². The van der Waals surface area contributed by atoms with Gasteiger partial charge in [0.25, 0.3) is 0 Å². The Kier molecular flexibility index (Phi) is 3.90. The summed E-state index contributed by atoms with van der Waals surface area (Å²) in [4.78, 5) is 10.6. The summed E-state index contributed by atoms with van der Waals surface area (Å²) in [5.74, 6) is -2.90. The van der Waals surface area contributed by atoms with Crippen molar-refractivity contribution in [2.75, 3.05) is 0 Å². The van der Waals surface area contributed by atoms with Crippen LogP contribution in [0.15, 0.2) is 24.3 Å². The second kappa shape index (κ2) is 5.44. The Hall–Kier alpha value is -1.82. The molecule has 0 saturated heterocycles. The van der Waals surface area contributed by atoms with Crippen molar-refractivity contribution in [3.05, 3.63) is 35.0 Å². The van der Waals surface area contributed by atoms with E-state index in [0.29, 0.717) is 10.9 Å². The lowest BCUT2D eigenvalue weighted by Gasteiger charge is -2.14. The summed E-state index contributed by atoms with van der Waals surface area (Å²) in [6.45, 7) is 0. The van der Waals surface area contributed by atoms with Crippen molar-refractivity contribution in [2.45, 2.75) is 18.8 Å². The number of benzene rings is 1. The molecular weight excluding hydrogens is 278 g/mol. The number of carboxylic acids is 1. The van der Waals surface area contributed by atoms with Gasteiger partial charge in [-0.2, -0.15) is 10.2 Å². The summed E-state index contributed by atoms with van der Waals surface area (Å²) in [6.07, 6.45) is -3.62. The highest BCUT2D eigenvalue weighted by Gasteiger charge is 2.29. The van der Waals surface area contributed by atoms with Gasteiger partial charge in [-0.05, 0) is 6.07 Å². The molecule has 0 saturated carbocycles. The molecule has 2 aromatic rings. The Bertz CT molecular complexity index is 622. The first kappa shape index (κ1) is 13.6. The molecule has 19 heavy (non-hydrogen) atoms. The molecule has 0 amide bonds. The first-order chi connectivity index (χ1) is 9.00. The topological polar surface area (TPSA) is 63.1 Å². The van der Waals surface area contributed by atoms with Gasteiger partial charge < -0.3 is 5.11 Å². The van der Waals surface area contributed by atoms with Crippen molar-refractivity contribution in [1.82, 2.24) is 10.2 Å². The zero-order valence-electron chi connectivity index (χ0n) is 9.55. The number of fused-ring (bicyclic) bond motifs is 1. The van der Waals surface area contributed by atoms with E-state index in [1.165, 1.54) is 0 Å². The van der Waals surface area contributed by atoms with Gasteiger partial charge in [0.1, 0.15) is 0 Å². The largest absolute Gasteiger partial charge is 0.481 e. The molecule has 0 aliphatic heterocycles. The minimum Gasteiger partial charge on any atom is -0.481 e. The standard InChI is InChI=1S/C12H9ClF2N2O2/c13-10-6-3-1-2-4-8(6)16-17-11(10)7(12(14)15)5-9(18)19/h1-4,7,12H,5H2,(H,18,19). The van der Waals surface area contributed by atoms with E-state index in [9.17, 15) is 13.6 Å². The molecule has 1 N–H and O–H groups in total. The number of hydrogen-bond donors (Lipinski definition) is 1. The Morgan fingerprint density at radius 2 is 2.00 bits per heavy atom. The van der Waals surface area contributed by atoms with Gasteiger partial charge >= 0.3 is 5.97 Å². The molecule has 0 aliphatic rings. The van der Waals surface area contributed by atoms with E-state index in [1.807, 2.05) is 0 Å². The number of alkyl halides is 2. The predicted molar refractivity (Wildman–Crippen MR) is 65.5 cm³/mol. The fourth-order valence-corrected chi connectivity index (χ4v) is 2.10.